The highest BCUT2D eigenvalue weighted by atomic mass is 16.5. The van der Waals surface area contributed by atoms with Crippen molar-refractivity contribution in [1.29, 1.82) is 0 Å². The monoisotopic (exact) mass is 282 g/mol. The van der Waals surface area contributed by atoms with Crippen molar-refractivity contribution in [3.8, 4) is 5.75 Å². The van der Waals surface area contributed by atoms with Gasteiger partial charge in [0.25, 0.3) is 0 Å². The fourth-order valence-corrected chi connectivity index (χ4v) is 2.16. The second-order valence-corrected chi connectivity index (χ2v) is 4.73. The number of hydrogen-bond acceptors (Lipinski definition) is 3. The van der Waals surface area contributed by atoms with Crippen LogP contribution in [0.5, 0.6) is 5.75 Å². The van der Waals surface area contributed by atoms with Crippen molar-refractivity contribution in [2.45, 2.75) is 13.0 Å². The van der Waals surface area contributed by atoms with Crippen LogP contribution in [0.25, 0.3) is 10.9 Å². The number of carboxylic acid groups (broad SMARTS) is 1. The topological polar surface area (TPSA) is 75.2 Å². The highest BCUT2D eigenvalue weighted by Crippen LogP contribution is 2.22. The van der Waals surface area contributed by atoms with Crippen LogP contribution in [0, 0.1) is 0 Å². The zero-order valence-corrected chi connectivity index (χ0v) is 11.2. The van der Waals surface area contributed by atoms with Crippen molar-refractivity contribution in [2.24, 2.45) is 0 Å². The molecule has 0 aliphatic heterocycles. The van der Waals surface area contributed by atoms with Crippen LogP contribution in [-0.4, -0.2) is 21.3 Å². The van der Waals surface area contributed by atoms with E-state index in [2.05, 4.69) is 10.2 Å². The first-order chi connectivity index (χ1) is 10.2. The van der Waals surface area contributed by atoms with Crippen molar-refractivity contribution in [3.05, 3.63) is 59.8 Å². The zero-order chi connectivity index (χ0) is 14.7. The van der Waals surface area contributed by atoms with Gasteiger partial charge in [-0.1, -0.05) is 30.3 Å². The lowest BCUT2D eigenvalue weighted by Crippen LogP contribution is -2.00. The Bertz CT molecular complexity index is 766. The molecule has 0 aliphatic rings. The Hall–Kier alpha value is -2.82. The van der Waals surface area contributed by atoms with E-state index in [1.807, 2.05) is 42.5 Å². The number of nitrogens with one attached hydrogen (secondary N) is 1. The van der Waals surface area contributed by atoms with E-state index in [0.29, 0.717) is 23.6 Å². The molecule has 0 atom stereocenters. The number of aliphatic carboxylic acids is 1. The molecule has 0 aliphatic carbocycles. The van der Waals surface area contributed by atoms with Gasteiger partial charge in [0.15, 0.2) is 0 Å². The van der Waals surface area contributed by atoms with E-state index in [-0.39, 0.29) is 6.42 Å². The predicted octanol–water partition coefficient (Wildman–Crippen LogP) is 2.77. The molecule has 3 rings (SSSR count). The largest absolute Gasteiger partial charge is 0.489 e. The summed E-state index contributed by atoms with van der Waals surface area (Å²) in [5.74, 6) is -0.176. The number of nitrogens with zero attached hydrogens (tertiary/aromatic N) is 1. The molecule has 0 bridgehead atoms. The number of hydrogen-bond donors (Lipinski definition) is 2. The summed E-state index contributed by atoms with van der Waals surface area (Å²) in [5.41, 5.74) is 2.40. The van der Waals surface area contributed by atoms with Gasteiger partial charge in [0.2, 0.25) is 0 Å². The van der Waals surface area contributed by atoms with E-state index in [1.54, 1.807) is 6.07 Å². The molecule has 0 amide bonds. The lowest BCUT2D eigenvalue weighted by molar-refractivity contribution is -0.136. The van der Waals surface area contributed by atoms with Gasteiger partial charge in [-0.3, -0.25) is 9.89 Å². The van der Waals surface area contributed by atoms with Gasteiger partial charge in [-0.05, 0) is 17.7 Å². The number of aromatic nitrogens is 2. The van der Waals surface area contributed by atoms with Gasteiger partial charge in [0, 0.05) is 11.5 Å². The molecule has 0 saturated carbocycles. The molecule has 0 spiro atoms. The standard InChI is InChI=1S/C16H14N2O3/c19-16(20)9-15-13-7-6-12(8-14(13)17-18-15)21-10-11-4-2-1-3-5-11/h1-8H,9-10H2,(H,17,18)(H,19,20). The van der Waals surface area contributed by atoms with Crippen LogP contribution in [0.4, 0.5) is 0 Å². The normalized spacial score (nSPS) is 10.7. The summed E-state index contributed by atoms with van der Waals surface area (Å²) in [5, 5.41) is 16.5. The number of carbonyl (C=O) groups is 1. The van der Waals surface area contributed by atoms with E-state index in [9.17, 15) is 4.79 Å². The molecule has 0 radical (unpaired) electrons. The van der Waals surface area contributed by atoms with Gasteiger partial charge in [-0.2, -0.15) is 5.10 Å². The summed E-state index contributed by atoms with van der Waals surface area (Å²) in [6.07, 6.45) is -0.0687. The van der Waals surface area contributed by atoms with Gasteiger partial charge >= 0.3 is 5.97 Å². The predicted molar refractivity (Wildman–Crippen MR) is 78.2 cm³/mol. The van der Waals surface area contributed by atoms with Gasteiger partial charge in [-0.25, -0.2) is 0 Å². The lowest BCUT2D eigenvalue weighted by atomic mass is 10.1. The summed E-state index contributed by atoms with van der Waals surface area (Å²) in [4.78, 5) is 10.8. The minimum absolute atomic E-state index is 0.0687. The molecule has 106 valence electrons. The van der Waals surface area contributed by atoms with Crippen LogP contribution in [-0.2, 0) is 17.8 Å². The third-order valence-electron chi connectivity index (χ3n) is 3.18. The molecule has 21 heavy (non-hydrogen) atoms. The summed E-state index contributed by atoms with van der Waals surface area (Å²) >= 11 is 0. The smallest absolute Gasteiger partial charge is 0.309 e. The Morgan fingerprint density at radius 1 is 1.19 bits per heavy atom. The number of carboxylic acids is 1. The SMILES string of the molecule is O=C(O)Cc1[nH]nc2cc(OCc3ccccc3)ccc12. The van der Waals surface area contributed by atoms with Gasteiger partial charge < -0.3 is 9.84 Å². The summed E-state index contributed by atoms with van der Waals surface area (Å²) in [6.45, 7) is 0.485. The van der Waals surface area contributed by atoms with Crippen molar-refractivity contribution in [2.75, 3.05) is 0 Å². The summed E-state index contributed by atoms with van der Waals surface area (Å²) < 4.78 is 5.72. The van der Waals surface area contributed by atoms with Crippen LogP contribution in [0.3, 0.4) is 0 Å². The van der Waals surface area contributed by atoms with Crippen LogP contribution in [0.1, 0.15) is 11.3 Å². The minimum atomic E-state index is -0.884. The molecule has 0 saturated heterocycles. The van der Waals surface area contributed by atoms with Gasteiger partial charge in [-0.15, -0.1) is 0 Å². The maximum Gasteiger partial charge on any atom is 0.309 e. The third kappa shape index (κ3) is 3.02. The average Bonchev–Trinajstić information content (AvgIpc) is 2.88. The Kier molecular flexibility index (Phi) is 3.55. The molecule has 5 nitrogen and oxygen atoms in total. The second kappa shape index (κ2) is 5.66. The van der Waals surface area contributed by atoms with Gasteiger partial charge in [0.05, 0.1) is 17.6 Å². The number of H-pyrrole nitrogens is 1. The fraction of sp³-hybridized carbons (Fsp3) is 0.125. The minimum Gasteiger partial charge on any atom is -0.489 e. The number of benzene rings is 2. The maximum absolute atomic E-state index is 10.8. The Labute approximate surface area is 121 Å². The van der Waals surface area contributed by atoms with Crippen LogP contribution in [0.15, 0.2) is 48.5 Å². The number of aromatic amines is 1. The number of fused-ring (bicyclic) bond motifs is 1. The second-order valence-electron chi connectivity index (χ2n) is 4.73. The fourth-order valence-electron chi connectivity index (χ4n) is 2.16. The molecule has 1 heterocycles. The third-order valence-corrected chi connectivity index (χ3v) is 3.18. The van der Waals surface area contributed by atoms with E-state index >= 15 is 0 Å². The number of rotatable bonds is 5. The van der Waals surface area contributed by atoms with E-state index < -0.39 is 5.97 Å². The van der Waals surface area contributed by atoms with Gasteiger partial charge in [0.1, 0.15) is 12.4 Å². The number of ether oxygens (including phenoxy) is 1. The molecule has 5 heteroatoms. The summed E-state index contributed by atoms with van der Waals surface area (Å²) in [6, 6.07) is 15.4. The Balaban J connectivity index is 1.77. The quantitative estimate of drug-likeness (QED) is 0.754. The molecular weight excluding hydrogens is 268 g/mol. The average molecular weight is 282 g/mol. The van der Waals surface area contributed by atoms with E-state index in [4.69, 9.17) is 9.84 Å². The van der Waals surface area contributed by atoms with Crippen LogP contribution >= 0.6 is 0 Å². The van der Waals surface area contributed by atoms with Crippen LogP contribution in [0.2, 0.25) is 0 Å². The van der Waals surface area contributed by atoms with E-state index in [0.717, 1.165) is 10.9 Å². The van der Waals surface area contributed by atoms with E-state index in [1.165, 1.54) is 0 Å². The highest BCUT2D eigenvalue weighted by Gasteiger charge is 2.09. The van der Waals surface area contributed by atoms with Crippen molar-refractivity contribution < 1.29 is 14.6 Å². The molecule has 1 aromatic heterocycles. The lowest BCUT2D eigenvalue weighted by Gasteiger charge is -2.06. The zero-order valence-electron chi connectivity index (χ0n) is 11.2. The molecule has 0 unspecified atom stereocenters. The Morgan fingerprint density at radius 2 is 2.00 bits per heavy atom. The van der Waals surface area contributed by atoms with Crippen molar-refractivity contribution in [1.82, 2.24) is 10.2 Å². The molecular formula is C16H14N2O3. The van der Waals surface area contributed by atoms with Crippen molar-refractivity contribution >= 4 is 16.9 Å². The molecule has 2 aromatic carbocycles. The molecule has 2 N–H and O–H groups in total. The molecule has 3 aromatic rings. The first kappa shape index (κ1) is 13.2. The summed E-state index contributed by atoms with van der Waals surface area (Å²) in [7, 11) is 0. The van der Waals surface area contributed by atoms with Crippen molar-refractivity contribution in [3.63, 3.8) is 0 Å². The first-order valence-corrected chi connectivity index (χ1v) is 6.58. The maximum atomic E-state index is 10.8. The van der Waals surface area contributed by atoms with Crippen LogP contribution < -0.4 is 4.74 Å². The first-order valence-electron chi connectivity index (χ1n) is 6.58. The highest BCUT2D eigenvalue weighted by molar-refractivity contribution is 5.86. The Morgan fingerprint density at radius 3 is 2.76 bits per heavy atom. The molecule has 0 fully saturated rings.